The van der Waals surface area contributed by atoms with Crippen LogP contribution in [0.3, 0.4) is 0 Å². The largest absolute Gasteiger partial charge is 0.423 e. The smallest absolute Gasteiger partial charge is 0.322 e. The fraction of sp³-hybridized carbons (Fsp3) is 0.167. The van der Waals surface area contributed by atoms with Gasteiger partial charge in [-0.2, -0.15) is 4.98 Å². The molecule has 0 spiro atoms. The molecule has 6 heteroatoms. The summed E-state index contributed by atoms with van der Waals surface area (Å²) in [5.74, 6) is 0.112. The molecule has 0 saturated heterocycles. The minimum atomic E-state index is -0.343. The Balaban J connectivity index is 2.26. The maximum atomic E-state index is 12.9. The van der Waals surface area contributed by atoms with Gasteiger partial charge in [-0.15, -0.1) is 0 Å². The number of halogens is 2. The van der Waals surface area contributed by atoms with Gasteiger partial charge in [0.2, 0.25) is 0 Å². The third-order valence-corrected chi connectivity index (χ3v) is 2.99. The summed E-state index contributed by atoms with van der Waals surface area (Å²) in [5, 5.41) is 0. The third kappa shape index (κ3) is 2.83. The number of aromatic nitrogens is 2. The fourth-order valence-electron chi connectivity index (χ4n) is 1.38. The summed E-state index contributed by atoms with van der Waals surface area (Å²) < 4.78 is 18.9. The van der Waals surface area contributed by atoms with Crippen LogP contribution in [0.25, 0.3) is 0 Å². The highest BCUT2D eigenvalue weighted by atomic mass is 79.9. The molecule has 0 amide bonds. The number of hydrogen-bond acceptors (Lipinski definition) is 4. The van der Waals surface area contributed by atoms with Gasteiger partial charge in [0.05, 0.1) is 4.47 Å². The summed E-state index contributed by atoms with van der Waals surface area (Å²) in [6.45, 7) is 2.21. The van der Waals surface area contributed by atoms with Crippen molar-refractivity contribution in [3.05, 3.63) is 45.9 Å². The van der Waals surface area contributed by atoms with Crippen molar-refractivity contribution in [2.45, 2.75) is 13.5 Å². The molecule has 0 saturated carbocycles. The number of nitrogens with two attached hydrogens (primary N) is 1. The van der Waals surface area contributed by atoms with Crippen molar-refractivity contribution in [2.75, 3.05) is 0 Å². The molecule has 0 aliphatic carbocycles. The summed E-state index contributed by atoms with van der Waals surface area (Å²) in [4.78, 5) is 8.22. The molecule has 0 unspecified atom stereocenters. The Bertz CT molecular complexity index is 577. The van der Waals surface area contributed by atoms with E-state index in [2.05, 4.69) is 25.9 Å². The standard InChI is InChI=1S/C12H11BrFN3O/c1-7-8(5-15)6-16-12(17-7)18-11-3-2-9(14)4-10(11)13/h2-4,6H,5,15H2,1H3. The number of rotatable bonds is 3. The number of nitrogens with zero attached hydrogens (tertiary/aromatic N) is 2. The average molecular weight is 312 g/mol. The van der Waals surface area contributed by atoms with Crippen LogP contribution in [0.4, 0.5) is 4.39 Å². The zero-order chi connectivity index (χ0) is 13.1. The maximum absolute atomic E-state index is 12.9. The summed E-state index contributed by atoms with van der Waals surface area (Å²) in [6.07, 6.45) is 1.62. The highest BCUT2D eigenvalue weighted by Crippen LogP contribution is 2.28. The lowest BCUT2D eigenvalue weighted by atomic mass is 10.2. The van der Waals surface area contributed by atoms with E-state index in [1.807, 2.05) is 6.92 Å². The molecular formula is C12H11BrFN3O. The van der Waals surface area contributed by atoms with Crippen molar-refractivity contribution in [3.63, 3.8) is 0 Å². The summed E-state index contributed by atoms with van der Waals surface area (Å²) in [6, 6.07) is 4.34. The molecule has 2 rings (SSSR count). The maximum Gasteiger partial charge on any atom is 0.322 e. The van der Waals surface area contributed by atoms with Gasteiger partial charge in [0.25, 0.3) is 0 Å². The Morgan fingerprint density at radius 2 is 2.22 bits per heavy atom. The SMILES string of the molecule is Cc1nc(Oc2ccc(F)cc2Br)ncc1CN. The van der Waals surface area contributed by atoms with Crippen molar-refractivity contribution in [3.8, 4) is 11.8 Å². The van der Waals surface area contributed by atoms with Gasteiger partial charge in [0.15, 0.2) is 0 Å². The van der Waals surface area contributed by atoms with Crippen LogP contribution in [0.2, 0.25) is 0 Å². The lowest BCUT2D eigenvalue weighted by molar-refractivity contribution is 0.435. The van der Waals surface area contributed by atoms with E-state index in [0.717, 1.165) is 11.3 Å². The molecule has 2 N–H and O–H groups in total. The molecule has 0 radical (unpaired) electrons. The normalized spacial score (nSPS) is 10.4. The molecule has 1 heterocycles. The van der Waals surface area contributed by atoms with Gasteiger partial charge in [-0.3, -0.25) is 0 Å². The molecular weight excluding hydrogens is 301 g/mol. The number of benzene rings is 1. The van der Waals surface area contributed by atoms with E-state index in [4.69, 9.17) is 10.5 Å². The van der Waals surface area contributed by atoms with Crippen molar-refractivity contribution in [1.29, 1.82) is 0 Å². The zero-order valence-electron chi connectivity index (χ0n) is 9.65. The van der Waals surface area contributed by atoms with E-state index in [9.17, 15) is 4.39 Å². The van der Waals surface area contributed by atoms with Crippen LogP contribution in [0.5, 0.6) is 11.8 Å². The van der Waals surface area contributed by atoms with Crippen LogP contribution < -0.4 is 10.5 Å². The second-order valence-electron chi connectivity index (χ2n) is 3.64. The van der Waals surface area contributed by atoms with E-state index in [1.165, 1.54) is 18.2 Å². The second-order valence-corrected chi connectivity index (χ2v) is 4.50. The fourth-order valence-corrected chi connectivity index (χ4v) is 1.81. The first-order chi connectivity index (χ1) is 8.60. The number of hydrogen-bond donors (Lipinski definition) is 1. The molecule has 0 atom stereocenters. The van der Waals surface area contributed by atoms with Crippen LogP contribution in [0.1, 0.15) is 11.3 Å². The van der Waals surface area contributed by atoms with E-state index in [1.54, 1.807) is 6.20 Å². The van der Waals surface area contributed by atoms with Crippen LogP contribution >= 0.6 is 15.9 Å². The Labute approximate surface area is 112 Å². The van der Waals surface area contributed by atoms with Gasteiger partial charge in [-0.25, -0.2) is 9.37 Å². The molecule has 1 aromatic carbocycles. The molecule has 18 heavy (non-hydrogen) atoms. The van der Waals surface area contributed by atoms with Crippen LogP contribution in [-0.4, -0.2) is 9.97 Å². The Kier molecular flexibility index (Phi) is 3.88. The monoisotopic (exact) mass is 311 g/mol. The van der Waals surface area contributed by atoms with E-state index in [-0.39, 0.29) is 11.8 Å². The summed E-state index contributed by atoms with van der Waals surface area (Å²) >= 11 is 3.21. The van der Waals surface area contributed by atoms with Gasteiger partial charge in [-0.05, 0) is 41.1 Å². The predicted octanol–water partition coefficient (Wildman–Crippen LogP) is 2.94. The first-order valence-corrected chi connectivity index (χ1v) is 6.05. The Morgan fingerprint density at radius 3 is 2.83 bits per heavy atom. The van der Waals surface area contributed by atoms with Gasteiger partial charge in [-0.1, -0.05) is 0 Å². The third-order valence-electron chi connectivity index (χ3n) is 2.37. The minimum absolute atomic E-state index is 0.206. The lowest BCUT2D eigenvalue weighted by Crippen LogP contribution is -2.03. The van der Waals surface area contributed by atoms with E-state index >= 15 is 0 Å². The Morgan fingerprint density at radius 1 is 1.44 bits per heavy atom. The molecule has 2 aromatic rings. The van der Waals surface area contributed by atoms with Crippen molar-refractivity contribution < 1.29 is 9.13 Å². The summed E-state index contributed by atoms with van der Waals surface area (Å²) in [7, 11) is 0. The molecule has 0 aliphatic rings. The van der Waals surface area contributed by atoms with E-state index < -0.39 is 0 Å². The summed E-state index contributed by atoms with van der Waals surface area (Å²) in [5.41, 5.74) is 7.15. The van der Waals surface area contributed by atoms with Crippen LogP contribution in [0, 0.1) is 12.7 Å². The topological polar surface area (TPSA) is 61.0 Å². The molecule has 1 aromatic heterocycles. The second kappa shape index (κ2) is 5.41. The van der Waals surface area contributed by atoms with Crippen molar-refractivity contribution in [1.82, 2.24) is 9.97 Å². The molecule has 0 aliphatic heterocycles. The molecule has 0 fully saturated rings. The first kappa shape index (κ1) is 12.9. The van der Waals surface area contributed by atoms with Gasteiger partial charge >= 0.3 is 6.01 Å². The Hall–Kier alpha value is -1.53. The van der Waals surface area contributed by atoms with Crippen molar-refractivity contribution >= 4 is 15.9 Å². The quantitative estimate of drug-likeness (QED) is 0.946. The lowest BCUT2D eigenvalue weighted by Gasteiger charge is -2.07. The highest BCUT2D eigenvalue weighted by Gasteiger charge is 2.07. The first-order valence-electron chi connectivity index (χ1n) is 5.25. The minimum Gasteiger partial charge on any atom is -0.423 e. The van der Waals surface area contributed by atoms with Crippen molar-refractivity contribution in [2.24, 2.45) is 5.73 Å². The zero-order valence-corrected chi connectivity index (χ0v) is 11.2. The molecule has 0 bridgehead atoms. The van der Waals surface area contributed by atoms with Gasteiger partial charge in [0.1, 0.15) is 11.6 Å². The highest BCUT2D eigenvalue weighted by molar-refractivity contribution is 9.10. The van der Waals surface area contributed by atoms with Crippen LogP contribution in [-0.2, 0) is 6.54 Å². The van der Waals surface area contributed by atoms with Gasteiger partial charge < -0.3 is 10.5 Å². The van der Waals surface area contributed by atoms with E-state index in [0.29, 0.717) is 16.8 Å². The number of ether oxygens (including phenoxy) is 1. The van der Waals surface area contributed by atoms with Gasteiger partial charge in [0, 0.05) is 24.0 Å². The molecule has 4 nitrogen and oxygen atoms in total. The molecule has 94 valence electrons. The number of aryl methyl sites for hydroxylation is 1. The van der Waals surface area contributed by atoms with Crippen LogP contribution in [0.15, 0.2) is 28.9 Å². The average Bonchev–Trinajstić information content (AvgIpc) is 2.33. The predicted molar refractivity (Wildman–Crippen MR) is 68.8 cm³/mol.